The number of rotatable bonds is 4. The lowest BCUT2D eigenvalue weighted by Crippen LogP contribution is -2.15. The Hall–Kier alpha value is -2.50. The quantitative estimate of drug-likeness (QED) is 0.485. The molecule has 0 aromatic heterocycles. The molecular weight excluding hydrogens is 250 g/mol. The summed E-state index contributed by atoms with van der Waals surface area (Å²) in [5.41, 5.74) is 1.04. The van der Waals surface area contributed by atoms with E-state index in [0.717, 1.165) is 11.6 Å². The molecule has 0 aliphatic rings. The molecule has 2 N–H and O–H groups in total. The number of esters is 2. The normalized spacial score (nSPS) is 10.8. The number of carbonyl (C=O) groups excluding carboxylic acids is 2. The van der Waals surface area contributed by atoms with Gasteiger partial charge < -0.3 is 19.9 Å². The lowest BCUT2D eigenvalue weighted by Gasteiger charge is -2.11. The molecule has 1 aromatic rings. The molecule has 0 aliphatic carbocycles. The zero-order chi connectivity index (χ0) is 14.4. The van der Waals surface area contributed by atoms with E-state index in [2.05, 4.69) is 14.8 Å². The molecule has 0 atom stereocenters. The third-order valence-corrected chi connectivity index (χ3v) is 2.29. The molecule has 0 fully saturated rings. The maximum atomic E-state index is 11.5. The highest BCUT2D eigenvalue weighted by Crippen LogP contribution is 2.25. The van der Waals surface area contributed by atoms with Crippen molar-refractivity contribution in [3.8, 4) is 5.75 Å². The number of hydrogen-bond acceptors (Lipinski definition) is 6. The van der Waals surface area contributed by atoms with Crippen LogP contribution in [0.2, 0.25) is 0 Å². The molecule has 0 aliphatic heterocycles. The summed E-state index contributed by atoms with van der Waals surface area (Å²) in [6.07, 6.45) is 0.952. The number of benzene rings is 1. The molecule has 0 heterocycles. The zero-order valence-electron chi connectivity index (χ0n) is 10.9. The van der Waals surface area contributed by atoms with Gasteiger partial charge in [-0.2, -0.15) is 0 Å². The van der Waals surface area contributed by atoms with Crippen molar-refractivity contribution in [3.05, 3.63) is 35.5 Å². The summed E-state index contributed by atoms with van der Waals surface area (Å²) < 4.78 is 8.98. The predicted molar refractivity (Wildman–Crippen MR) is 68.6 cm³/mol. The minimum absolute atomic E-state index is 0.0507. The second-order valence-corrected chi connectivity index (χ2v) is 3.72. The van der Waals surface area contributed by atoms with Crippen molar-refractivity contribution in [2.75, 3.05) is 19.5 Å². The third kappa shape index (κ3) is 4.02. The van der Waals surface area contributed by atoms with E-state index in [0.29, 0.717) is 5.69 Å². The van der Waals surface area contributed by atoms with Gasteiger partial charge in [0, 0.05) is 0 Å². The van der Waals surface area contributed by atoms with Crippen molar-refractivity contribution in [3.63, 3.8) is 0 Å². The lowest BCUT2D eigenvalue weighted by molar-refractivity contribution is -0.138. The maximum Gasteiger partial charge on any atom is 0.354 e. The van der Waals surface area contributed by atoms with E-state index in [1.54, 1.807) is 12.1 Å². The van der Waals surface area contributed by atoms with Crippen molar-refractivity contribution >= 4 is 17.6 Å². The van der Waals surface area contributed by atoms with Gasteiger partial charge in [-0.3, -0.25) is 0 Å². The van der Waals surface area contributed by atoms with Crippen molar-refractivity contribution in [1.82, 2.24) is 0 Å². The van der Waals surface area contributed by atoms with Gasteiger partial charge in [-0.15, -0.1) is 0 Å². The first-order valence-corrected chi connectivity index (χ1v) is 5.42. The second kappa shape index (κ2) is 6.44. The summed E-state index contributed by atoms with van der Waals surface area (Å²) in [5, 5.41) is 12.3. The molecular formula is C13H15NO5. The number of aryl methyl sites for hydroxylation is 1. The molecule has 6 heteroatoms. The van der Waals surface area contributed by atoms with Gasteiger partial charge in [0.1, 0.15) is 11.4 Å². The Morgan fingerprint density at radius 1 is 1.26 bits per heavy atom. The molecule has 0 saturated heterocycles. The summed E-state index contributed by atoms with van der Waals surface area (Å²) in [5.74, 6) is -1.50. The van der Waals surface area contributed by atoms with Gasteiger partial charge >= 0.3 is 11.9 Å². The van der Waals surface area contributed by atoms with E-state index in [9.17, 15) is 14.7 Å². The van der Waals surface area contributed by atoms with Gasteiger partial charge in [-0.25, -0.2) is 9.59 Å². The number of anilines is 1. The second-order valence-electron chi connectivity index (χ2n) is 3.72. The fourth-order valence-corrected chi connectivity index (χ4v) is 1.33. The van der Waals surface area contributed by atoms with Gasteiger partial charge in [0.05, 0.1) is 26.0 Å². The van der Waals surface area contributed by atoms with Crippen molar-refractivity contribution < 1.29 is 24.2 Å². The van der Waals surface area contributed by atoms with Crippen molar-refractivity contribution in [2.45, 2.75) is 6.92 Å². The summed E-state index contributed by atoms with van der Waals surface area (Å²) in [6.45, 7) is 1.83. The summed E-state index contributed by atoms with van der Waals surface area (Å²) >= 11 is 0. The van der Waals surface area contributed by atoms with Crippen molar-refractivity contribution in [2.24, 2.45) is 0 Å². The Morgan fingerprint density at radius 2 is 1.95 bits per heavy atom. The fraction of sp³-hybridized carbons (Fsp3) is 0.231. The highest BCUT2D eigenvalue weighted by molar-refractivity contribution is 5.99. The fourth-order valence-electron chi connectivity index (χ4n) is 1.33. The summed E-state index contributed by atoms with van der Waals surface area (Å²) in [4.78, 5) is 22.7. The molecule has 19 heavy (non-hydrogen) atoms. The largest absolute Gasteiger partial charge is 0.506 e. The van der Waals surface area contributed by atoms with Crippen LogP contribution in [0.4, 0.5) is 5.69 Å². The van der Waals surface area contributed by atoms with Crippen LogP contribution in [-0.4, -0.2) is 31.3 Å². The number of hydrogen-bond donors (Lipinski definition) is 2. The SMILES string of the molecule is COC(=O)/C=C(/Nc1cc(C)ccc1O)C(=O)OC. The van der Waals surface area contributed by atoms with Crippen molar-refractivity contribution in [1.29, 1.82) is 0 Å². The topological polar surface area (TPSA) is 84.9 Å². The Kier molecular flexibility index (Phi) is 4.93. The van der Waals surface area contributed by atoms with E-state index >= 15 is 0 Å². The summed E-state index contributed by atoms with van der Waals surface area (Å²) in [7, 11) is 2.38. The van der Waals surface area contributed by atoms with Crippen LogP contribution in [0.1, 0.15) is 5.56 Å². The molecule has 0 saturated carbocycles. The average molecular weight is 265 g/mol. The van der Waals surface area contributed by atoms with Crippen LogP contribution in [0, 0.1) is 6.92 Å². The van der Waals surface area contributed by atoms with E-state index < -0.39 is 11.9 Å². The van der Waals surface area contributed by atoms with Gasteiger partial charge in [0.15, 0.2) is 0 Å². The molecule has 102 valence electrons. The number of phenolic OH excluding ortho intramolecular Hbond substituents is 1. The van der Waals surface area contributed by atoms with E-state index in [1.807, 2.05) is 6.92 Å². The van der Waals surface area contributed by atoms with Gasteiger partial charge in [0.25, 0.3) is 0 Å². The Bertz CT molecular complexity index is 522. The van der Waals surface area contributed by atoms with E-state index in [-0.39, 0.29) is 11.4 Å². The molecule has 1 aromatic carbocycles. The highest BCUT2D eigenvalue weighted by atomic mass is 16.5. The number of aromatic hydroxyl groups is 1. The van der Waals surface area contributed by atoms with Crippen LogP contribution in [-0.2, 0) is 19.1 Å². The maximum absolute atomic E-state index is 11.5. The zero-order valence-corrected chi connectivity index (χ0v) is 10.9. The average Bonchev–Trinajstić information content (AvgIpc) is 2.40. The van der Waals surface area contributed by atoms with E-state index in [4.69, 9.17) is 0 Å². The highest BCUT2D eigenvalue weighted by Gasteiger charge is 2.14. The first-order valence-electron chi connectivity index (χ1n) is 5.42. The third-order valence-electron chi connectivity index (χ3n) is 2.29. The Morgan fingerprint density at radius 3 is 2.53 bits per heavy atom. The molecule has 0 unspecified atom stereocenters. The molecule has 1 rings (SSSR count). The number of phenols is 1. The molecule has 0 amide bonds. The lowest BCUT2D eigenvalue weighted by atomic mass is 10.2. The predicted octanol–water partition coefficient (Wildman–Crippen LogP) is 1.34. The molecule has 0 bridgehead atoms. The standard InChI is InChI=1S/C13H15NO5/c1-8-4-5-11(15)9(6-8)14-10(13(17)19-3)7-12(16)18-2/h4-7,14-15H,1-3H3/b10-7+. The summed E-state index contributed by atoms with van der Waals surface area (Å²) in [6, 6.07) is 4.82. The van der Waals surface area contributed by atoms with Crippen LogP contribution in [0.25, 0.3) is 0 Å². The van der Waals surface area contributed by atoms with E-state index in [1.165, 1.54) is 20.3 Å². The van der Waals surface area contributed by atoms with Gasteiger partial charge in [-0.05, 0) is 24.6 Å². The van der Waals surface area contributed by atoms with Gasteiger partial charge in [-0.1, -0.05) is 6.07 Å². The number of methoxy groups -OCH3 is 2. The smallest absolute Gasteiger partial charge is 0.354 e. The number of ether oxygens (including phenoxy) is 2. The molecule has 6 nitrogen and oxygen atoms in total. The van der Waals surface area contributed by atoms with Crippen LogP contribution < -0.4 is 5.32 Å². The van der Waals surface area contributed by atoms with Crippen LogP contribution in [0.5, 0.6) is 5.75 Å². The monoisotopic (exact) mass is 265 g/mol. The number of carbonyl (C=O) groups is 2. The molecule has 0 spiro atoms. The Balaban J connectivity index is 3.07. The first-order chi connectivity index (χ1) is 8.97. The first kappa shape index (κ1) is 14.6. The number of nitrogens with one attached hydrogen (secondary N) is 1. The molecule has 0 radical (unpaired) electrons. The minimum Gasteiger partial charge on any atom is -0.506 e. The van der Waals surface area contributed by atoms with Crippen LogP contribution in [0.3, 0.4) is 0 Å². The van der Waals surface area contributed by atoms with Crippen LogP contribution >= 0.6 is 0 Å². The van der Waals surface area contributed by atoms with Gasteiger partial charge in [0.2, 0.25) is 0 Å². The minimum atomic E-state index is -0.744. The van der Waals surface area contributed by atoms with Crippen LogP contribution in [0.15, 0.2) is 30.0 Å². The Labute approximate surface area is 110 Å².